The van der Waals surface area contributed by atoms with Crippen molar-refractivity contribution in [3.05, 3.63) is 0 Å². The second kappa shape index (κ2) is 10.5. The van der Waals surface area contributed by atoms with Gasteiger partial charge in [0.1, 0.15) is 0 Å². The van der Waals surface area contributed by atoms with Gasteiger partial charge in [-0.15, -0.1) is 12.4 Å². The van der Waals surface area contributed by atoms with Gasteiger partial charge in [0.05, 0.1) is 6.10 Å². The molecule has 0 bridgehead atoms. The van der Waals surface area contributed by atoms with Gasteiger partial charge >= 0.3 is 0 Å². The van der Waals surface area contributed by atoms with Crippen molar-refractivity contribution < 1.29 is 9.53 Å². The molecule has 1 aliphatic heterocycles. The lowest BCUT2D eigenvalue weighted by molar-refractivity contribution is -0.134. The maximum atomic E-state index is 12.2. The predicted molar refractivity (Wildman–Crippen MR) is 80.8 cm³/mol. The molecule has 1 rings (SSSR count). The fourth-order valence-corrected chi connectivity index (χ4v) is 2.44. The molecule has 1 saturated heterocycles. The molecule has 2 unspecified atom stereocenters. The van der Waals surface area contributed by atoms with E-state index < -0.39 is 0 Å². The first kappa shape index (κ1) is 18.7. The normalized spacial score (nSPS) is 21.4. The average Bonchev–Trinajstić information content (AvgIpc) is 2.61. The Hall–Kier alpha value is -0.320. The van der Waals surface area contributed by atoms with Gasteiger partial charge in [-0.3, -0.25) is 4.79 Å². The van der Waals surface area contributed by atoms with Crippen LogP contribution in [-0.2, 0) is 9.53 Å². The molecule has 5 heteroatoms. The Bertz CT molecular complexity index is 252. The first-order valence-electron chi connectivity index (χ1n) is 7.24. The summed E-state index contributed by atoms with van der Waals surface area (Å²) in [5, 5.41) is 3.07. The minimum atomic E-state index is 0. The molecule has 0 aromatic rings. The summed E-state index contributed by atoms with van der Waals surface area (Å²) in [7, 11) is 1.89. The lowest BCUT2D eigenvalue weighted by Gasteiger charge is -2.24. The fourth-order valence-electron chi connectivity index (χ4n) is 2.44. The predicted octanol–water partition coefficient (Wildman–Crippen LogP) is 2.07. The van der Waals surface area contributed by atoms with Gasteiger partial charge in [0.2, 0.25) is 5.91 Å². The van der Waals surface area contributed by atoms with E-state index in [0.717, 1.165) is 51.9 Å². The highest BCUT2D eigenvalue weighted by Crippen LogP contribution is 2.16. The van der Waals surface area contributed by atoms with Crippen LogP contribution >= 0.6 is 12.4 Å². The molecule has 0 aromatic carbocycles. The minimum absolute atomic E-state index is 0. The molecule has 0 spiro atoms. The smallest absolute Gasteiger partial charge is 0.226 e. The van der Waals surface area contributed by atoms with Gasteiger partial charge in [-0.1, -0.05) is 13.8 Å². The lowest BCUT2D eigenvalue weighted by atomic mass is 10.1. The van der Waals surface area contributed by atoms with E-state index in [4.69, 9.17) is 4.74 Å². The molecule has 0 aliphatic carbocycles. The van der Waals surface area contributed by atoms with Crippen LogP contribution < -0.4 is 5.32 Å². The summed E-state index contributed by atoms with van der Waals surface area (Å²) in [6.45, 7) is 7.46. The lowest BCUT2D eigenvalue weighted by Crippen LogP contribution is -2.39. The first-order chi connectivity index (χ1) is 8.69. The molecule has 0 saturated carbocycles. The van der Waals surface area contributed by atoms with Gasteiger partial charge in [-0.25, -0.2) is 0 Å². The number of hydrogen-bond acceptors (Lipinski definition) is 3. The van der Waals surface area contributed by atoms with E-state index in [9.17, 15) is 4.79 Å². The summed E-state index contributed by atoms with van der Waals surface area (Å²) in [5.74, 6) is 0.351. The number of hydrogen-bond donors (Lipinski definition) is 1. The van der Waals surface area contributed by atoms with Gasteiger partial charge < -0.3 is 15.0 Å². The molecular formula is C14H29ClN2O2. The van der Waals surface area contributed by atoms with Crippen LogP contribution in [-0.4, -0.2) is 50.2 Å². The molecule has 19 heavy (non-hydrogen) atoms. The van der Waals surface area contributed by atoms with Crippen LogP contribution in [0.4, 0.5) is 0 Å². The molecule has 4 nitrogen and oxygen atoms in total. The van der Waals surface area contributed by atoms with Crippen molar-refractivity contribution in [2.45, 2.75) is 45.6 Å². The molecule has 1 heterocycles. The van der Waals surface area contributed by atoms with Crippen molar-refractivity contribution in [3.63, 3.8) is 0 Å². The highest BCUT2D eigenvalue weighted by atomic mass is 35.5. The maximum Gasteiger partial charge on any atom is 0.226 e. The maximum absolute atomic E-state index is 12.2. The van der Waals surface area contributed by atoms with Crippen LogP contribution in [0.1, 0.15) is 39.5 Å². The third kappa shape index (κ3) is 6.59. The summed E-state index contributed by atoms with van der Waals surface area (Å²) < 4.78 is 5.80. The SMILES string of the molecule is CCCOC1CCCN(C(=O)C(C)CNC)CC1.Cl. The van der Waals surface area contributed by atoms with Crippen LogP contribution in [0, 0.1) is 5.92 Å². The highest BCUT2D eigenvalue weighted by molar-refractivity contribution is 5.85. The van der Waals surface area contributed by atoms with Crippen molar-refractivity contribution in [1.29, 1.82) is 0 Å². The topological polar surface area (TPSA) is 41.6 Å². The average molecular weight is 293 g/mol. The van der Waals surface area contributed by atoms with E-state index in [1.807, 2.05) is 18.9 Å². The molecule has 2 atom stereocenters. The molecule has 1 N–H and O–H groups in total. The summed E-state index contributed by atoms with van der Waals surface area (Å²) in [5.41, 5.74) is 0. The van der Waals surface area contributed by atoms with E-state index in [0.29, 0.717) is 6.10 Å². The quantitative estimate of drug-likeness (QED) is 0.815. The highest BCUT2D eigenvalue weighted by Gasteiger charge is 2.23. The van der Waals surface area contributed by atoms with Gasteiger partial charge in [-0.05, 0) is 32.7 Å². The van der Waals surface area contributed by atoms with E-state index in [-0.39, 0.29) is 24.2 Å². The molecule has 1 fully saturated rings. The van der Waals surface area contributed by atoms with E-state index in [2.05, 4.69) is 12.2 Å². The molecular weight excluding hydrogens is 264 g/mol. The number of ether oxygens (including phenoxy) is 1. The number of likely N-dealkylation sites (tertiary alicyclic amines) is 1. The number of amides is 1. The summed E-state index contributed by atoms with van der Waals surface area (Å²) in [4.78, 5) is 14.2. The zero-order valence-corrected chi connectivity index (χ0v) is 13.3. The van der Waals surface area contributed by atoms with Crippen molar-refractivity contribution >= 4 is 18.3 Å². The summed E-state index contributed by atoms with van der Waals surface area (Å²) >= 11 is 0. The standard InChI is InChI=1S/C14H28N2O2.ClH/c1-4-10-18-13-6-5-8-16(9-7-13)14(17)12(2)11-15-3;/h12-13,15H,4-11H2,1-3H3;1H. The van der Waals surface area contributed by atoms with E-state index in [1.165, 1.54) is 0 Å². The van der Waals surface area contributed by atoms with Gasteiger partial charge in [0.25, 0.3) is 0 Å². The van der Waals surface area contributed by atoms with E-state index >= 15 is 0 Å². The Balaban J connectivity index is 0.00000324. The second-order valence-corrected chi connectivity index (χ2v) is 5.21. The summed E-state index contributed by atoms with van der Waals surface area (Å²) in [6.07, 6.45) is 4.55. The molecule has 114 valence electrons. The molecule has 0 aromatic heterocycles. The second-order valence-electron chi connectivity index (χ2n) is 5.21. The van der Waals surface area contributed by atoms with Crippen LogP contribution in [0.15, 0.2) is 0 Å². The Morgan fingerprint density at radius 3 is 2.79 bits per heavy atom. The number of halogens is 1. The number of rotatable bonds is 6. The van der Waals surface area contributed by atoms with E-state index in [1.54, 1.807) is 0 Å². The molecule has 1 amide bonds. The number of carbonyl (C=O) groups excluding carboxylic acids is 1. The zero-order valence-electron chi connectivity index (χ0n) is 12.5. The van der Waals surface area contributed by atoms with Gasteiger partial charge in [0, 0.05) is 32.2 Å². The first-order valence-corrected chi connectivity index (χ1v) is 7.24. The minimum Gasteiger partial charge on any atom is -0.378 e. The van der Waals surface area contributed by atoms with Gasteiger partial charge in [0.15, 0.2) is 0 Å². The van der Waals surface area contributed by atoms with Crippen LogP contribution in [0.25, 0.3) is 0 Å². The fraction of sp³-hybridized carbons (Fsp3) is 0.929. The van der Waals surface area contributed by atoms with Crippen LogP contribution in [0.2, 0.25) is 0 Å². The molecule has 1 aliphatic rings. The Morgan fingerprint density at radius 2 is 2.16 bits per heavy atom. The Kier molecular flexibility index (Phi) is 10.3. The van der Waals surface area contributed by atoms with Crippen molar-refractivity contribution in [2.75, 3.05) is 33.3 Å². The van der Waals surface area contributed by atoms with Crippen LogP contribution in [0.3, 0.4) is 0 Å². The van der Waals surface area contributed by atoms with Crippen molar-refractivity contribution in [3.8, 4) is 0 Å². The van der Waals surface area contributed by atoms with Crippen molar-refractivity contribution in [1.82, 2.24) is 10.2 Å². The third-order valence-electron chi connectivity index (χ3n) is 3.48. The Labute approximate surface area is 123 Å². The number of nitrogens with one attached hydrogen (secondary N) is 1. The monoisotopic (exact) mass is 292 g/mol. The largest absolute Gasteiger partial charge is 0.378 e. The third-order valence-corrected chi connectivity index (χ3v) is 3.48. The Morgan fingerprint density at radius 1 is 1.42 bits per heavy atom. The van der Waals surface area contributed by atoms with Crippen LogP contribution in [0.5, 0.6) is 0 Å². The summed E-state index contributed by atoms with van der Waals surface area (Å²) in [6, 6.07) is 0. The van der Waals surface area contributed by atoms with Crippen molar-refractivity contribution in [2.24, 2.45) is 5.92 Å². The molecule has 0 radical (unpaired) electrons. The zero-order chi connectivity index (χ0) is 13.4. The number of nitrogens with zero attached hydrogens (tertiary/aromatic N) is 1. The number of carbonyl (C=O) groups is 1. The van der Waals surface area contributed by atoms with Gasteiger partial charge in [-0.2, -0.15) is 0 Å².